The van der Waals surface area contributed by atoms with Crippen molar-refractivity contribution in [1.82, 2.24) is 15.1 Å². The van der Waals surface area contributed by atoms with Crippen LogP contribution < -0.4 is 10.1 Å². The first-order valence-corrected chi connectivity index (χ1v) is 13.5. The Morgan fingerprint density at radius 1 is 1.29 bits per heavy atom. The Morgan fingerprint density at radius 3 is 2.69 bits per heavy atom. The van der Waals surface area contributed by atoms with Crippen LogP contribution in [-0.2, 0) is 11.2 Å². The molecule has 1 N–H and O–H groups in total. The number of nitrogens with one attached hydrogen (secondary N) is 1. The average Bonchev–Trinajstić information content (AvgIpc) is 3.24. The van der Waals surface area contributed by atoms with Crippen LogP contribution in [0.1, 0.15) is 63.1 Å². The van der Waals surface area contributed by atoms with Crippen LogP contribution in [-0.4, -0.2) is 53.5 Å². The van der Waals surface area contributed by atoms with Crippen molar-refractivity contribution < 1.29 is 14.3 Å². The summed E-state index contributed by atoms with van der Waals surface area (Å²) in [5.41, 5.74) is 1.70. The number of carbonyl (C=O) groups is 2. The van der Waals surface area contributed by atoms with Gasteiger partial charge in [0.15, 0.2) is 0 Å². The maximum absolute atomic E-state index is 13.6. The third kappa shape index (κ3) is 7.61. The van der Waals surface area contributed by atoms with E-state index in [1.807, 2.05) is 50.8 Å². The van der Waals surface area contributed by atoms with Crippen molar-refractivity contribution >= 4 is 34.9 Å². The van der Waals surface area contributed by atoms with Crippen molar-refractivity contribution in [1.29, 1.82) is 0 Å². The van der Waals surface area contributed by atoms with Gasteiger partial charge in [0.2, 0.25) is 5.91 Å². The number of thiophene rings is 1. The minimum Gasteiger partial charge on any atom is -0.491 e. The third-order valence-electron chi connectivity index (χ3n) is 6.02. The summed E-state index contributed by atoms with van der Waals surface area (Å²) in [6, 6.07) is 7.27. The van der Waals surface area contributed by atoms with Gasteiger partial charge in [-0.15, -0.1) is 11.3 Å². The molecular formula is C27H38ClN3O3S. The molecule has 2 heterocycles. The van der Waals surface area contributed by atoms with E-state index in [0.29, 0.717) is 30.6 Å². The van der Waals surface area contributed by atoms with Gasteiger partial charge >= 0.3 is 6.03 Å². The van der Waals surface area contributed by atoms with Crippen LogP contribution in [0.2, 0.25) is 5.02 Å². The van der Waals surface area contributed by atoms with Crippen LogP contribution in [0.4, 0.5) is 4.79 Å². The predicted octanol–water partition coefficient (Wildman–Crippen LogP) is 6.07. The largest absolute Gasteiger partial charge is 0.491 e. The molecule has 1 atom stereocenters. The van der Waals surface area contributed by atoms with E-state index in [1.54, 1.807) is 16.2 Å². The van der Waals surface area contributed by atoms with Gasteiger partial charge < -0.3 is 19.9 Å². The van der Waals surface area contributed by atoms with Crippen LogP contribution in [0.25, 0.3) is 0 Å². The SMILES string of the molecule is Cc1cc(OCC2c3ccsc3CCN2C(=O)CN(CCC(C)C)C(=O)NC(C)(C)C)ccc1Cl. The number of carbonyl (C=O) groups excluding carboxylic acids is 2. The van der Waals surface area contributed by atoms with Gasteiger partial charge in [-0.25, -0.2) is 4.79 Å². The summed E-state index contributed by atoms with van der Waals surface area (Å²) in [6.07, 6.45) is 1.65. The number of hydrogen-bond acceptors (Lipinski definition) is 4. The van der Waals surface area contributed by atoms with Gasteiger partial charge in [-0.05, 0) is 87.2 Å². The molecule has 0 spiro atoms. The smallest absolute Gasteiger partial charge is 0.318 e. The monoisotopic (exact) mass is 519 g/mol. The van der Waals surface area contributed by atoms with Gasteiger partial charge in [-0.2, -0.15) is 0 Å². The zero-order valence-electron chi connectivity index (χ0n) is 21.7. The van der Waals surface area contributed by atoms with Gasteiger partial charge in [-0.3, -0.25) is 4.79 Å². The number of amides is 3. The Kier molecular flexibility index (Phi) is 9.11. The molecule has 1 aromatic heterocycles. The van der Waals surface area contributed by atoms with E-state index < -0.39 is 0 Å². The second-order valence-electron chi connectivity index (χ2n) is 10.7. The van der Waals surface area contributed by atoms with E-state index in [1.165, 1.54) is 4.88 Å². The van der Waals surface area contributed by atoms with Gasteiger partial charge in [0.05, 0.1) is 6.04 Å². The Labute approximate surface area is 218 Å². The molecule has 8 heteroatoms. The number of aryl methyl sites for hydroxylation is 1. The molecule has 0 aliphatic carbocycles. The molecule has 35 heavy (non-hydrogen) atoms. The number of hydrogen-bond donors (Lipinski definition) is 1. The predicted molar refractivity (Wildman–Crippen MR) is 143 cm³/mol. The number of nitrogens with zero attached hydrogens (tertiary/aromatic N) is 2. The lowest BCUT2D eigenvalue weighted by atomic mass is 10.0. The quantitative estimate of drug-likeness (QED) is 0.460. The number of rotatable bonds is 8. The van der Waals surface area contributed by atoms with Crippen molar-refractivity contribution in [2.24, 2.45) is 5.92 Å². The minimum absolute atomic E-state index is 0.0463. The molecule has 2 aromatic rings. The number of benzene rings is 1. The van der Waals surface area contributed by atoms with Gasteiger partial charge in [-0.1, -0.05) is 25.4 Å². The molecule has 3 rings (SSSR count). The topological polar surface area (TPSA) is 61.9 Å². The maximum Gasteiger partial charge on any atom is 0.318 e. The molecule has 0 saturated heterocycles. The highest BCUT2D eigenvalue weighted by Gasteiger charge is 2.34. The summed E-state index contributed by atoms with van der Waals surface area (Å²) < 4.78 is 6.14. The van der Waals surface area contributed by atoms with Crippen molar-refractivity contribution in [3.05, 3.63) is 50.7 Å². The van der Waals surface area contributed by atoms with Crippen LogP contribution in [0.3, 0.4) is 0 Å². The Hall–Kier alpha value is -2.25. The summed E-state index contributed by atoms with van der Waals surface area (Å²) in [4.78, 5) is 31.4. The average molecular weight is 520 g/mol. The molecule has 1 aliphatic heterocycles. The molecule has 0 saturated carbocycles. The van der Waals surface area contributed by atoms with Crippen LogP contribution >= 0.6 is 22.9 Å². The van der Waals surface area contributed by atoms with Crippen LogP contribution in [0, 0.1) is 12.8 Å². The van der Waals surface area contributed by atoms with Crippen molar-refractivity contribution in [3.8, 4) is 5.75 Å². The van der Waals surface area contributed by atoms with E-state index >= 15 is 0 Å². The third-order valence-corrected chi connectivity index (χ3v) is 7.44. The summed E-state index contributed by atoms with van der Waals surface area (Å²) in [7, 11) is 0. The number of urea groups is 1. The van der Waals surface area contributed by atoms with Gasteiger partial charge in [0.1, 0.15) is 18.9 Å². The first kappa shape index (κ1) is 27.3. The first-order valence-electron chi connectivity index (χ1n) is 12.3. The summed E-state index contributed by atoms with van der Waals surface area (Å²) in [5.74, 6) is 1.10. The maximum atomic E-state index is 13.6. The van der Waals surface area contributed by atoms with E-state index in [9.17, 15) is 9.59 Å². The molecule has 192 valence electrons. The number of fused-ring (bicyclic) bond motifs is 1. The lowest BCUT2D eigenvalue weighted by Gasteiger charge is -2.37. The van der Waals surface area contributed by atoms with E-state index in [0.717, 1.165) is 29.7 Å². The number of ether oxygens (including phenoxy) is 1. The molecular weight excluding hydrogens is 482 g/mol. The molecule has 6 nitrogen and oxygen atoms in total. The fourth-order valence-corrected chi connectivity index (χ4v) is 5.12. The first-order chi connectivity index (χ1) is 16.4. The molecule has 1 aromatic carbocycles. The molecule has 1 unspecified atom stereocenters. The lowest BCUT2D eigenvalue weighted by Crippen LogP contribution is -2.53. The van der Waals surface area contributed by atoms with E-state index in [2.05, 4.69) is 30.6 Å². The van der Waals surface area contributed by atoms with E-state index in [4.69, 9.17) is 16.3 Å². The Bertz CT molecular complexity index is 1030. The van der Waals surface area contributed by atoms with Crippen molar-refractivity contribution in [2.75, 3.05) is 26.2 Å². The number of halogens is 1. The summed E-state index contributed by atoms with van der Waals surface area (Å²) >= 11 is 7.88. The fourth-order valence-electron chi connectivity index (χ4n) is 4.08. The van der Waals surface area contributed by atoms with E-state index in [-0.39, 0.29) is 30.1 Å². The molecule has 3 amide bonds. The highest BCUT2D eigenvalue weighted by atomic mass is 35.5. The summed E-state index contributed by atoms with van der Waals surface area (Å²) in [6.45, 7) is 13.6. The fraction of sp³-hybridized carbons (Fsp3) is 0.556. The zero-order valence-corrected chi connectivity index (χ0v) is 23.3. The lowest BCUT2D eigenvalue weighted by molar-refractivity contribution is -0.135. The molecule has 0 fully saturated rings. The minimum atomic E-state index is -0.375. The van der Waals surface area contributed by atoms with Gasteiger partial charge in [0.25, 0.3) is 0 Å². The molecule has 0 bridgehead atoms. The normalized spacial score (nSPS) is 15.7. The Morgan fingerprint density at radius 2 is 2.03 bits per heavy atom. The van der Waals surface area contributed by atoms with Crippen LogP contribution in [0.15, 0.2) is 29.6 Å². The molecule has 0 radical (unpaired) electrons. The standard InChI is InChI=1S/C27H38ClN3O3S/c1-18(2)9-12-30(26(33)29-27(4,5)6)16-25(32)31-13-10-24-21(11-14-35-24)23(31)17-34-20-7-8-22(28)19(3)15-20/h7-8,11,14-15,18,23H,9-10,12-13,16-17H2,1-6H3,(H,29,33). The van der Waals surface area contributed by atoms with Gasteiger partial charge in [0, 0.05) is 28.5 Å². The van der Waals surface area contributed by atoms with Crippen LogP contribution in [0.5, 0.6) is 5.75 Å². The Balaban J connectivity index is 1.77. The zero-order chi connectivity index (χ0) is 25.8. The highest BCUT2D eigenvalue weighted by molar-refractivity contribution is 7.10. The van der Waals surface area contributed by atoms with Crippen molar-refractivity contribution in [3.63, 3.8) is 0 Å². The van der Waals surface area contributed by atoms with Crippen molar-refractivity contribution in [2.45, 2.75) is 66.0 Å². The second kappa shape index (κ2) is 11.7. The summed E-state index contributed by atoms with van der Waals surface area (Å²) in [5, 5.41) is 5.78. The molecule has 1 aliphatic rings. The highest BCUT2D eigenvalue weighted by Crippen LogP contribution is 2.34. The second-order valence-corrected chi connectivity index (χ2v) is 12.1.